The number of rotatable bonds is 4. The Morgan fingerprint density at radius 2 is 2.11 bits per heavy atom. The van der Waals surface area contributed by atoms with Crippen LogP contribution in [-0.4, -0.2) is 22.8 Å². The Labute approximate surface area is 113 Å². The van der Waals surface area contributed by atoms with E-state index in [4.69, 9.17) is 4.74 Å². The van der Waals surface area contributed by atoms with Gasteiger partial charge in [0.05, 0.1) is 12.8 Å². The summed E-state index contributed by atoms with van der Waals surface area (Å²) >= 11 is 4.20. The normalized spacial score (nSPS) is 10.4. The summed E-state index contributed by atoms with van der Waals surface area (Å²) in [4.78, 5) is 8.77. The summed E-state index contributed by atoms with van der Waals surface area (Å²) in [5, 5.41) is 0. The van der Waals surface area contributed by atoms with Gasteiger partial charge in [-0.1, -0.05) is 11.6 Å². The first kappa shape index (κ1) is 12.9. The van der Waals surface area contributed by atoms with Crippen LogP contribution in [0.1, 0.15) is 11.4 Å². The summed E-state index contributed by atoms with van der Waals surface area (Å²) in [5.41, 5.74) is 3.07. The molecule has 0 aliphatic heterocycles. The first-order valence-corrected chi connectivity index (χ1v) is 6.45. The Morgan fingerprint density at radius 1 is 1.28 bits per heavy atom. The highest BCUT2D eigenvalue weighted by Gasteiger charge is 2.08. The molecule has 1 heterocycles. The minimum atomic E-state index is 0.744. The van der Waals surface area contributed by atoms with E-state index in [0.29, 0.717) is 0 Å². The quantitative estimate of drug-likeness (QED) is 0.858. The molecule has 0 radical (unpaired) electrons. The molecular formula is C14H16N2OS. The van der Waals surface area contributed by atoms with Gasteiger partial charge in [0.15, 0.2) is 0 Å². The highest BCUT2D eigenvalue weighted by atomic mass is 32.1. The second kappa shape index (κ2) is 5.87. The second-order valence-electron chi connectivity index (χ2n) is 4.04. The van der Waals surface area contributed by atoms with Crippen LogP contribution < -0.4 is 4.74 Å². The molecule has 18 heavy (non-hydrogen) atoms. The van der Waals surface area contributed by atoms with E-state index >= 15 is 0 Å². The lowest BCUT2D eigenvalue weighted by molar-refractivity contribution is 0.416. The van der Waals surface area contributed by atoms with Gasteiger partial charge < -0.3 is 4.74 Å². The third kappa shape index (κ3) is 2.82. The molecule has 0 amide bonds. The van der Waals surface area contributed by atoms with Crippen molar-refractivity contribution in [3.05, 3.63) is 41.9 Å². The van der Waals surface area contributed by atoms with Crippen molar-refractivity contribution >= 4 is 12.6 Å². The van der Waals surface area contributed by atoms with Gasteiger partial charge in [-0.25, -0.2) is 9.97 Å². The Hall–Kier alpha value is -1.55. The summed E-state index contributed by atoms with van der Waals surface area (Å²) in [6, 6.07) is 7.97. The van der Waals surface area contributed by atoms with Crippen LogP contribution in [0, 0.1) is 6.92 Å². The van der Waals surface area contributed by atoms with Crippen molar-refractivity contribution in [1.82, 2.24) is 9.97 Å². The lowest BCUT2D eigenvalue weighted by atomic mass is 10.1. The molecule has 94 valence electrons. The number of methoxy groups -OCH3 is 1. The number of benzene rings is 1. The fraction of sp³-hybridized carbons (Fsp3) is 0.286. The Morgan fingerprint density at radius 3 is 2.83 bits per heavy atom. The van der Waals surface area contributed by atoms with Crippen LogP contribution in [-0.2, 0) is 6.42 Å². The molecule has 0 N–H and O–H groups in total. The second-order valence-corrected chi connectivity index (χ2v) is 4.48. The minimum Gasteiger partial charge on any atom is -0.496 e. The van der Waals surface area contributed by atoms with Crippen LogP contribution in [0.25, 0.3) is 11.3 Å². The Kier molecular flexibility index (Phi) is 4.20. The van der Waals surface area contributed by atoms with Gasteiger partial charge in [-0.3, -0.25) is 0 Å². The van der Waals surface area contributed by atoms with Crippen molar-refractivity contribution in [2.75, 3.05) is 12.9 Å². The lowest BCUT2D eigenvalue weighted by Crippen LogP contribution is -1.98. The molecule has 2 rings (SSSR count). The van der Waals surface area contributed by atoms with Gasteiger partial charge in [0.25, 0.3) is 0 Å². The number of thiol groups is 1. The fourth-order valence-electron chi connectivity index (χ4n) is 1.79. The van der Waals surface area contributed by atoms with Crippen molar-refractivity contribution in [3.63, 3.8) is 0 Å². The monoisotopic (exact) mass is 260 g/mol. The summed E-state index contributed by atoms with van der Waals surface area (Å²) in [6.45, 7) is 2.05. The predicted octanol–water partition coefficient (Wildman–Crippen LogP) is 2.93. The van der Waals surface area contributed by atoms with E-state index in [1.165, 1.54) is 5.56 Å². The first-order chi connectivity index (χ1) is 8.74. The van der Waals surface area contributed by atoms with E-state index in [1.54, 1.807) is 13.3 Å². The van der Waals surface area contributed by atoms with Gasteiger partial charge in [-0.15, -0.1) is 0 Å². The van der Waals surface area contributed by atoms with E-state index in [9.17, 15) is 0 Å². The number of nitrogens with zero attached hydrogens (tertiary/aromatic N) is 2. The van der Waals surface area contributed by atoms with Crippen LogP contribution in [0.2, 0.25) is 0 Å². The topological polar surface area (TPSA) is 35.0 Å². The maximum absolute atomic E-state index is 5.38. The number of aromatic nitrogens is 2. The van der Waals surface area contributed by atoms with Crippen molar-refractivity contribution in [3.8, 4) is 17.0 Å². The average molecular weight is 260 g/mol. The van der Waals surface area contributed by atoms with Crippen LogP contribution in [0.4, 0.5) is 0 Å². The Bertz CT molecular complexity index is 543. The molecule has 3 nitrogen and oxygen atoms in total. The molecule has 0 atom stereocenters. The number of hydrogen-bond acceptors (Lipinski definition) is 4. The van der Waals surface area contributed by atoms with Gasteiger partial charge in [-0.2, -0.15) is 12.6 Å². The molecule has 1 aromatic heterocycles. The molecule has 4 heteroatoms. The SMILES string of the molecule is COc1ccc(C)cc1-c1ccnc(CCS)n1. The largest absolute Gasteiger partial charge is 0.496 e. The summed E-state index contributed by atoms with van der Waals surface area (Å²) in [6.07, 6.45) is 2.55. The molecule has 0 fully saturated rings. The van der Waals surface area contributed by atoms with Gasteiger partial charge in [0, 0.05) is 18.2 Å². The van der Waals surface area contributed by atoms with Crippen LogP contribution in [0.5, 0.6) is 5.75 Å². The van der Waals surface area contributed by atoms with Gasteiger partial charge in [0.2, 0.25) is 0 Å². The van der Waals surface area contributed by atoms with Gasteiger partial charge in [0.1, 0.15) is 11.6 Å². The molecular weight excluding hydrogens is 244 g/mol. The summed E-state index contributed by atoms with van der Waals surface area (Å²) in [5.74, 6) is 2.39. The highest BCUT2D eigenvalue weighted by molar-refractivity contribution is 7.80. The third-order valence-electron chi connectivity index (χ3n) is 2.67. The van der Waals surface area contributed by atoms with Gasteiger partial charge in [-0.05, 0) is 30.9 Å². The smallest absolute Gasteiger partial charge is 0.129 e. The fourth-order valence-corrected chi connectivity index (χ4v) is 1.99. The number of aryl methyl sites for hydroxylation is 2. The lowest BCUT2D eigenvalue weighted by Gasteiger charge is -2.09. The van der Waals surface area contributed by atoms with Crippen LogP contribution >= 0.6 is 12.6 Å². The zero-order valence-corrected chi connectivity index (χ0v) is 11.4. The highest BCUT2D eigenvalue weighted by Crippen LogP contribution is 2.29. The number of ether oxygens (including phenoxy) is 1. The van der Waals surface area contributed by atoms with Gasteiger partial charge >= 0.3 is 0 Å². The predicted molar refractivity (Wildman–Crippen MR) is 76.3 cm³/mol. The molecule has 1 aromatic carbocycles. The molecule has 0 aliphatic carbocycles. The molecule has 0 bridgehead atoms. The molecule has 0 unspecified atom stereocenters. The minimum absolute atomic E-state index is 0.744. The maximum Gasteiger partial charge on any atom is 0.129 e. The van der Waals surface area contributed by atoms with Crippen molar-refractivity contribution in [2.45, 2.75) is 13.3 Å². The van der Waals surface area contributed by atoms with E-state index in [-0.39, 0.29) is 0 Å². The van der Waals surface area contributed by atoms with Crippen LogP contribution in [0.3, 0.4) is 0 Å². The van der Waals surface area contributed by atoms with E-state index in [1.807, 2.05) is 18.2 Å². The van der Waals surface area contributed by atoms with Crippen molar-refractivity contribution in [1.29, 1.82) is 0 Å². The zero-order valence-electron chi connectivity index (χ0n) is 10.6. The number of hydrogen-bond donors (Lipinski definition) is 1. The average Bonchev–Trinajstić information content (AvgIpc) is 2.39. The molecule has 2 aromatic rings. The third-order valence-corrected chi connectivity index (χ3v) is 2.90. The standard InChI is InChI=1S/C14H16N2OS/c1-10-3-4-13(17-2)11(9-10)12-5-7-15-14(16-12)6-8-18/h3-5,7,9,18H,6,8H2,1-2H3. The molecule has 0 aliphatic rings. The molecule has 0 saturated carbocycles. The van der Waals surface area contributed by atoms with Crippen molar-refractivity contribution in [2.24, 2.45) is 0 Å². The Balaban J connectivity index is 2.47. The van der Waals surface area contributed by atoms with Crippen LogP contribution in [0.15, 0.2) is 30.5 Å². The molecule has 0 saturated heterocycles. The zero-order chi connectivity index (χ0) is 13.0. The first-order valence-electron chi connectivity index (χ1n) is 5.82. The maximum atomic E-state index is 5.38. The summed E-state index contributed by atoms with van der Waals surface area (Å²) < 4.78 is 5.38. The van der Waals surface area contributed by atoms with E-state index in [2.05, 4.69) is 35.6 Å². The van der Waals surface area contributed by atoms with E-state index in [0.717, 1.165) is 35.0 Å². The van der Waals surface area contributed by atoms with Crippen molar-refractivity contribution < 1.29 is 4.74 Å². The van der Waals surface area contributed by atoms with E-state index < -0.39 is 0 Å². The summed E-state index contributed by atoms with van der Waals surface area (Å²) in [7, 11) is 1.67. The molecule has 0 spiro atoms.